The third-order valence-electron chi connectivity index (χ3n) is 3.63. The first-order valence-corrected chi connectivity index (χ1v) is 11.0. The molecule has 0 bridgehead atoms. The fourth-order valence-electron chi connectivity index (χ4n) is 2.42. The molecule has 146 valence electrons. The second kappa shape index (κ2) is 8.75. The van der Waals surface area contributed by atoms with E-state index in [1.54, 1.807) is 30.3 Å². The summed E-state index contributed by atoms with van der Waals surface area (Å²) in [6.07, 6.45) is 1.09. The van der Waals surface area contributed by atoms with E-state index in [0.717, 1.165) is 20.6 Å². The SMILES string of the molecule is Cc1cc(NC(=O)CN(c2ccc(OC(C)C)cc2)S(C)(=O)=O)ccc1Br. The molecule has 2 aromatic carbocycles. The monoisotopic (exact) mass is 454 g/mol. The molecular weight excluding hydrogens is 432 g/mol. The summed E-state index contributed by atoms with van der Waals surface area (Å²) in [7, 11) is -3.63. The first-order chi connectivity index (χ1) is 12.6. The summed E-state index contributed by atoms with van der Waals surface area (Å²) in [6.45, 7) is 5.40. The van der Waals surface area contributed by atoms with Gasteiger partial charge in [-0.05, 0) is 68.8 Å². The number of nitrogens with zero attached hydrogens (tertiary/aromatic N) is 1. The molecule has 6 nitrogen and oxygen atoms in total. The molecule has 2 aromatic rings. The zero-order valence-electron chi connectivity index (χ0n) is 15.7. The second-order valence-corrected chi connectivity index (χ2v) is 9.20. The van der Waals surface area contributed by atoms with Crippen molar-refractivity contribution in [3.05, 3.63) is 52.5 Å². The van der Waals surface area contributed by atoms with E-state index in [9.17, 15) is 13.2 Å². The highest BCUT2D eigenvalue weighted by Crippen LogP contribution is 2.23. The Bertz CT molecular complexity index is 912. The number of nitrogens with one attached hydrogen (secondary N) is 1. The van der Waals surface area contributed by atoms with Crippen molar-refractivity contribution >= 4 is 43.2 Å². The van der Waals surface area contributed by atoms with Crippen LogP contribution in [-0.4, -0.2) is 33.2 Å². The highest BCUT2D eigenvalue weighted by atomic mass is 79.9. The first kappa shape index (κ1) is 21.2. The number of halogens is 1. The van der Waals surface area contributed by atoms with Crippen LogP contribution in [0.2, 0.25) is 0 Å². The van der Waals surface area contributed by atoms with Crippen LogP contribution in [-0.2, 0) is 14.8 Å². The number of rotatable bonds is 7. The van der Waals surface area contributed by atoms with Crippen LogP contribution in [0.4, 0.5) is 11.4 Å². The van der Waals surface area contributed by atoms with Crippen LogP contribution < -0.4 is 14.4 Å². The van der Waals surface area contributed by atoms with E-state index >= 15 is 0 Å². The summed E-state index contributed by atoms with van der Waals surface area (Å²) in [5.41, 5.74) is 1.97. The van der Waals surface area contributed by atoms with Crippen molar-refractivity contribution in [1.29, 1.82) is 0 Å². The number of hydrogen-bond acceptors (Lipinski definition) is 4. The van der Waals surface area contributed by atoms with Gasteiger partial charge in [0.25, 0.3) is 0 Å². The van der Waals surface area contributed by atoms with Crippen LogP contribution in [0, 0.1) is 6.92 Å². The van der Waals surface area contributed by atoms with Gasteiger partial charge in [-0.2, -0.15) is 0 Å². The van der Waals surface area contributed by atoms with Crippen molar-refractivity contribution < 1.29 is 17.9 Å². The van der Waals surface area contributed by atoms with Crippen LogP contribution >= 0.6 is 15.9 Å². The number of carbonyl (C=O) groups excluding carboxylic acids is 1. The van der Waals surface area contributed by atoms with Crippen LogP contribution in [0.1, 0.15) is 19.4 Å². The molecule has 0 aromatic heterocycles. The predicted octanol–water partition coefficient (Wildman–Crippen LogP) is 3.95. The standard InChI is InChI=1S/C19H23BrN2O4S/c1-13(2)26-17-8-6-16(7-9-17)22(27(4,24)25)12-19(23)21-15-5-10-18(20)14(3)11-15/h5-11,13H,12H2,1-4H3,(H,21,23). The molecule has 0 unspecified atom stereocenters. The summed E-state index contributed by atoms with van der Waals surface area (Å²) in [5, 5.41) is 2.73. The Morgan fingerprint density at radius 2 is 1.81 bits per heavy atom. The molecule has 0 fully saturated rings. The van der Waals surface area contributed by atoms with Gasteiger partial charge in [-0.1, -0.05) is 15.9 Å². The van der Waals surface area contributed by atoms with Crippen molar-refractivity contribution in [3.8, 4) is 5.75 Å². The van der Waals surface area contributed by atoms with Crippen molar-refractivity contribution in [1.82, 2.24) is 0 Å². The topological polar surface area (TPSA) is 75.7 Å². The van der Waals surface area contributed by atoms with Gasteiger partial charge in [-0.3, -0.25) is 9.10 Å². The molecule has 0 spiro atoms. The third-order valence-corrected chi connectivity index (χ3v) is 5.66. The zero-order chi connectivity index (χ0) is 20.2. The molecule has 0 saturated heterocycles. The van der Waals surface area contributed by atoms with Crippen LogP contribution in [0.25, 0.3) is 0 Å². The maximum absolute atomic E-state index is 12.4. The number of amides is 1. The number of ether oxygens (including phenoxy) is 1. The summed E-state index contributed by atoms with van der Waals surface area (Å²) >= 11 is 3.40. The Labute approximate surface area is 168 Å². The fraction of sp³-hybridized carbons (Fsp3) is 0.316. The van der Waals surface area contributed by atoms with E-state index < -0.39 is 15.9 Å². The van der Waals surface area contributed by atoms with Crippen LogP contribution in [0.15, 0.2) is 46.9 Å². The van der Waals surface area contributed by atoms with Gasteiger partial charge in [0.2, 0.25) is 15.9 Å². The quantitative estimate of drug-likeness (QED) is 0.686. The number of sulfonamides is 1. The number of anilines is 2. The van der Waals surface area contributed by atoms with E-state index in [2.05, 4.69) is 21.2 Å². The van der Waals surface area contributed by atoms with E-state index in [-0.39, 0.29) is 12.6 Å². The molecule has 1 N–H and O–H groups in total. The Morgan fingerprint density at radius 1 is 1.19 bits per heavy atom. The second-order valence-electron chi connectivity index (χ2n) is 6.44. The lowest BCUT2D eigenvalue weighted by molar-refractivity contribution is -0.114. The average molecular weight is 455 g/mol. The van der Waals surface area contributed by atoms with Gasteiger partial charge in [0, 0.05) is 10.2 Å². The Morgan fingerprint density at radius 3 is 2.33 bits per heavy atom. The van der Waals surface area contributed by atoms with E-state index in [1.165, 1.54) is 0 Å². The molecule has 0 saturated carbocycles. The normalized spacial score (nSPS) is 11.3. The van der Waals surface area contributed by atoms with Crippen LogP contribution in [0.5, 0.6) is 5.75 Å². The molecule has 1 amide bonds. The minimum atomic E-state index is -3.63. The van der Waals surface area contributed by atoms with Crippen molar-refractivity contribution in [3.63, 3.8) is 0 Å². The van der Waals surface area contributed by atoms with Crippen molar-refractivity contribution in [2.75, 3.05) is 22.4 Å². The Kier molecular flexibility index (Phi) is 6.89. The lowest BCUT2D eigenvalue weighted by Crippen LogP contribution is -2.37. The molecule has 0 aliphatic heterocycles. The lowest BCUT2D eigenvalue weighted by Gasteiger charge is -2.22. The highest BCUT2D eigenvalue weighted by molar-refractivity contribution is 9.10. The van der Waals surface area contributed by atoms with Gasteiger partial charge >= 0.3 is 0 Å². The molecule has 2 rings (SSSR count). The number of carbonyl (C=O) groups is 1. The predicted molar refractivity (Wildman–Crippen MR) is 112 cm³/mol. The van der Waals surface area contributed by atoms with Gasteiger partial charge in [-0.25, -0.2) is 8.42 Å². The van der Waals surface area contributed by atoms with Gasteiger partial charge in [0.1, 0.15) is 12.3 Å². The van der Waals surface area contributed by atoms with Gasteiger partial charge in [0.05, 0.1) is 18.0 Å². The zero-order valence-corrected chi connectivity index (χ0v) is 18.1. The Hall–Kier alpha value is -2.06. The molecule has 0 atom stereocenters. The minimum absolute atomic E-state index is 0.0157. The van der Waals surface area contributed by atoms with Gasteiger partial charge in [-0.15, -0.1) is 0 Å². The van der Waals surface area contributed by atoms with Crippen molar-refractivity contribution in [2.24, 2.45) is 0 Å². The molecule has 0 aliphatic rings. The minimum Gasteiger partial charge on any atom is -0.491 e. The summed E-state index contributed by atoms with van der Waals surface area (Å²) < 4.78 is 31.9. The molecule has 0 radical (unpaired) electrons. The van der Waals surface area contributed by atoms with E-state index in [1.807, 2.05) is 32.9 Å². The molecule has 27 heavy (non-hydrogen) atoms. The smallest absolute Gasteiger partial charge is 0.245 e. The number of benzene rings is 2. The first-order valence-electron chi connectivity index (χ1n) is 8.36. The van der Waals surface area contributed by atoms with E-state index in [4.69, 9.17) is 4.74 Å². The molecule has 0 aliphatic carbocycles. The Balaban J connectivity index is 2.16. The number of hydrogen-bond donors (Lipinski definition) is 1. The van der Waals surface area contributed by atoms with Gasteiger partial charge < -0.3 is 10.1 Å². The maximum Gasteiger partial charge on any atom is 0.245 e. The van der Waals surface area contributed by atoms with Crippen molar-refractivity contribution in [2.45, 2.75) is 26.9 Å². The molecular formula is C19H23BrN2O4S. The van der Waals surface area contributed by atoms with Crippen LogP contribution in [0.3, 0.4) is 0 Å². The van der Waals surface area contributed by atoms with E-state index in [0.29, 0.717) is 17.1 Å². The third kappa shape index (κ3) is 6.25. The summed E-state index contributed by atoms with van der Waals surface area (Å²) in [6, 6.07) is 12.0. The highest BCUT2D eigenvalue weighted by Gasteiger charge is 2.21. The molecule has 8 heteroatoms. The largest absolute Gasteiger partial charge is 0.491 e. The average Bonchev–Trinajstić information content (AvgIpc) is 2.55. The molecule has 0 heterocycles. The van der Waals surface area contributed by atoms with Gasteiger partial charge in [0.15, 0.2) is 0 Å². The summed E-state index contributed by atoms with van der Waals surface area (Å²) in [5.74, 6) is 0.210. The fourth-order valence-corrected chi connectivity index (χ4v) is 3.52. The maximum atomic E-state index is 12.4. The summed E-state index contributed by atoms with van der Waals surface area (Å²) in [4.78, 5) is 12.4. The lowest BCUT2D eigenvalue weighted by atomic mass is 10.2. The number of aryl methyl sites for hydroxylation is 1.